The number of hydrogen-bond acceptors (Lipinski definition) is 3. The number of carbonyl (C=O) groups excluding carboxylic acids is 1. The minimum atomic E-state index is -0.261. The lowest BCUT2D eigenvalue weighted by atomic mass is 10.0. The first kappa shape index (κ1) is 15.5. The number of carbonyl (C=O) groups is 1. The van der Waals surface area contributed by atoms with Crippen molar-refractivity contribution < 1.29 is 4.79 Å². The van der Waals surface area contributed by atoms with Gasteiger partial charge in [0.25, 0.3) is 0 Å². The van der Waals surface area contributed by atoms with Gasteiger partial charge in [0.05, 0.1) is 0 Å². The molecule has 0 aliphatic carbocycles. The molecule has 0 fully saturated rings. The minimum Gasteiger partial charge on any atom is -0.345 e. The number of aryl methyl sites for hydroxylation is 1. The number of allylic oxidation sites excluding steroid dienone is 2. The van der Waals surface area contributed by atoms with Gasteiger partial charge >= 0.3 is 0 Å². The first-order chi connectivity index (χ1) is 10.6. The van der Waals surface area contributed by atoms with Crippen molar-refractivity contribution >= 4 is 11.9 Å². The molecule has 4 heteroatoms. The van der Waals surface area contributed by atoms with E-state index >= 15 is 0 Å². The van der Waals surface area contributed by atoms with Crippen molar-refractivity contribution in [2.75, 3.05) is 0 Å². The molecular formula is C18H17N3O. The van der Waals surface area contributed by atoms with E-state index in [1.807, 2.05) is 30.6 Å². The van der Waals surface area contributed by atoms with Gasteiger partial charge < -0.3 is 4.57 Å². The Labute approximate surface area is 130 Å². The number of nitrogens with zero attached hydrogens (tertiary/aromatic N) is 3. The zero-order valence-corrected chi connectivity index (χ0v) is 12.7. The summed E-state index contributed by atoms with van der Waals surface area (Å²) in [6.45, 7) is 8.18. The van der Waals surface area contributed by atoms with Crippen LogP contribution in [0.15, 0.2) is 48.8 Å². The average Bonchev–Trinajstić information content (AvgIpc) is 2.81. The smallest absolute Gasteiger partial charge is 0.205 e. The van der Waals surface area contributed by atoms with E-state index < -0.39 is 0 Å². The Bertz CT molecular complexity index is 777. The van der Waals surface area contributed by atoms with Gasteiger partial charge in [0.15, 0.2) is 0 Å². The molecule has 2 heterocycles. The van der Waals surface area contributed by atoms with Gasteiger partial charge in [-0.3, -0.25) is 9.78 Å². The third kappa shape index (κ3) is 3.04. The molecule has 2 aromatic heterocycles. The molecule has 0 N–H and O–H groups in total. The largest absolute Gasteiger partial charge is 0.345 e. The molecule has 0 unspecified atom stereocenters. The molecular weight excluding hydrogens is 274 g/mol. The van der Waals surface area contributed by atoms with Gasteiger partial charge in [-0.25, -0.2) is 0 Å². The number of ketones is 1. The van der Waals surface area contributed by atoms with Crippen LogP contribution in [0, 0.1) is 25.2 Å². The normalized spacial score (nSPS) is 11.0. The van der Waals surface area contributed by atoms with Crippen molar-refractivity contribution in [3.63, 3.8) is 0 Å². The van der Waals surface area contributed by atoms with Crippen LogP contribution in [0.1, 0.15) is 27.3 Å². The van der Waals surface area contributed by atoms with Gasteiger partial charge in [-0.1, -0.05) is 6.08 Å². The molecule has 0 atom stereocenters. The number of rotatable bonds is 5. The summed E-state index contributed by atoms with van der Waals surface area (Å²) in [5.74, 6) is -0.261. The fourth-order valence-electron chi connectivity index (χ4n) is 2.36. The van der Waals surface area contributed by atoms with Gasteiger partial charge in [0, 0.05) is 35.9 Å². The van der Waals surface area contributed by atoms with E-state index in [0.717, 1.165) is 17.0 Å². The summed E-state index contributed by atoms with van der Waals surface area (Å²) in [6, 6.07) is 7.33. The number of pyridine rings is 1. The van der Waals surface area contributed by atoms with Crippen LogP contribution in [0.2, 0.25) is 0 Å². The third-order valence-electron chi connectivity index (χ3n) is 3.51. The van der Waals surface area contributed by atoms with E-state index in [9.17, 15) is 10.1 Å². The maximum atomic E-state index is 12.6. The summed E-state index contributed by atoms with van der Waals surface area (Å²) in [5.41, 5.74) is 3.27. The highest BCUT2D eigenvalue weighted by atomic mass is 16.1. The van der Waals surface area contributed by atoms with Gasteiger partial charge in [-0.15, -0.1) is 6.58 Å². The maximum Gasteiger partial charge on any atom is 0.205 e. The van der Waals surface area contributed by atoms with Crippen LogP contribution in [-0.4, -0.2) is 15.3 Å². The molecule has 0 spiro atoms. The third-order valence-corrected chi connectivity index (χ3v) is 3.51. The van der Waals surface area contributed by atoms with Crippen LogP contribution >= 0.6 is 0 Å². The number of aromatic nitrogens is 2. The van der Waals surface area contributed by atoms with E-state index in [4.69, 9.17) is 0 Å². The first-order valence-corrected chi connectivity index (χ1v) is 6.92. The molecule has 0 aromatic carbocycles. The summed E-state index contributed by atoms with van der Waals surface area (Å²) in [5, 5.41) is 9.31. The molecule has 0 saturated carbocycles. The van der Waals surface area contributed by atoms with Crippen molar-refractivity contribution in [2.24, 2.45) is 0 Å². The number of Topliss-reactive ketones (excluding diaryl/α,β-unsaturated/α-hetero) is 1. The summed E-state index contributed by atoms with van der Waals surface area (Å²) in [4.78, 5) is 16.5. The first-order valence-electron chi connectivity index (χ1n) is 6.92. The van der Waals surface area contributed by atoms with Crippen molar-refractivity contribution in [2.45, 2.75) is 20.4 Å². The van der Waals surface area contributed by atoms with Gasteiger partial charge in [0.1, 0.15) is 11.6 Å². The highest BCUT2D eigenvalue weighted by Gasteiger charge is 2.18. The summed E-state index contributed by atoms with van der Waals surface area (Å²) < 4.78 is 2.00. The van der Waals surface area contributed by atoms with Crippen LogP contribution in [-0.2, 0) is 6.54 Å². The lowest BCUT2D eigenvalue weighted by Gasteiger charge is -2.06. The fourth-order valence-corrected chi connectivity index (χ4v) is 2.36. The Hall–Kier alpha value is -2.93. The highest BCUT2D eigenvalue weighted by Crippen LogP contribution is 2.20. The van der Waals surface area contributed by atoms with Crippen molar-refractivity contribution in [1.29, 1.82) is 5.26 Å². The zero-order chi connectivity index (χ0) is 16.1. The lowest BCUT2D eigenvalue weighted by Crippen LogP contribution is -2.05. The molecule has 0 aliphatic rings. The Kier molecular flexibility index (Phi) is 4.70. The van der Waals surface area contributed by atoms with Crippen LogP contribution < -0.4 is 0 Å². The van der Waals surface area contributed by atoms with E-state index in [1.54, 1.807) is 36.7 Å². The Morgan fingerprint density at radius 2 is 2.09 bits per heavy atom. The predicted octanol–water partition coefficient (Wildman–Crippen LogP) is 3.48. The number of hydrogen-bond donors (Lipinski definition) is 0. The van der Waals surface area contributed by atoms with Crippen molar-refractivity contribution in [1.82, 2.24) is 9.55 Å². The molecule has 0 radical (unpaired) electrons. The summed E-state index contributed by atoms with van der Waals surface area (Å²) >= 11 is 0. The van der Waals surface area contributed by atoms with Crippen molar-refractivity contribution in [3.8, 4) is 6.07 Å². The standard InChI is InChI=1S/C18H17N3O/c1-4-9-21-13(2)10-17(14(21)3)18(22)16(12-19)11-15-5-7-20-8-6-15/h4-8,10-11H,1,9H2,2-3H3/b16-11+. The predicted molar refractivity (Wildman–Crippen MR) is 86.3 cm³/mol. The summed E-state index contributed by atoms with van der Waals surface area (Å²) in [7, 11) is 0. The van der Waals surface area contributed by atoms with Gasteiger partial charge in [0.2, 0.25) is 5.78 Å². The molecule has 110 valence electrons. The monoisotopic (exact) mass is 291 g/mol. The van der Waals surface area contributed by atoms with Crippen LogP contribution in [0.3, 0.4) is 0 Å². The zero-order valence-electron chi connectivity index (χ0n) is 12.7. The Morgan fingerprint density at radius 1 is 1.41 bits per heavy atom. The van der Waals surface area contributed by atoms with Crippen LogP contribution in [0.25, 0.3) is 6.08 Å². The summed E-state index contributed by atoms with van der Waals surface area (Å²) in [6.07, 6.45) is 6.62. The SMILES string of the molecule is C=CCn1c(C)cc(C(=O)/C(C#N)=C/c2ccncc2)c1C. The fraction of sp³-hybridized carbons (Fsp3) is 0.167. The molecule has 4 nitrogen and oxygen atoms in total. The van der Waals surface area contributed by atoms with Crippen molar-refractivity contribution in [3.05, 3.63) is 71.3 Å². The second-order valence-corrected chi connectivity index (χ2v) is 4.96. The molecule has 0 bridgehead atoms. The van der Waals surface area contributed by atoms with Gasteiger partial charge in [-0.2, -0.15) is 5.26 Å². The average molecular weight is 291 g/mol. The lowest BCUT2D eigenvalue weighted by molar-refractivity contribution is 0.103. The Morgan fingerprint density at radius 3 is 2.68 bits per heavy atom. The molecule has 22 heavy (non-hydrogen) atoms. The van der Waals surface area contributed by atoms with E-state index in [-0.39, 0.29) is 11.4 Å². The second kappa shape index (κ2) is 6.68. The topological polar surface area (TPSA) is 58.7 Å². The second-order valence-electron chi connectivity index (χ2n) is 4.96. The van der Waals surface area contributed by atoms with E-state index in [2.05, 4.69) is 11.6 Å². The minimum absolute atomic E-state index is 0.116. The molecule has 0 aliphatic heterocycles. The van der Waals surface area contributed by atoms with E-state index in [1.165, 1.54) is 0 Å². The highest BCUT2D eigenvalue weighted by molar-refractivity contribution is 6.14. The molecule has 2 aromatic rings. The number of nitriles is 1. The van der Waals surface area contributed by atoms with Gasteiger partial charge in [-0.05, 0) is 43.7 Å². The molecule has 2 rings (SSSR count). The molecule has 0 amide bonds. The van der Waals surface area contributed by atoms with Crippen LogP contribution in [0.4, 0.5) is 0 Å². The van der Waals surface area contributed by atoms with E-state index in [0.29, 0.717) is 12.1 Å². The van der Waals surface area contributed by atoms with Crippen LogP contribution in [0.5, 0.6) is 0 Å². The quantitative estimate of drug-likeness (QED) is 0.367. The Balaban J connectivity index is 2.42. The molecule has 0 saturated heterocycles. The maximum absolute atomic E-state index is 12.6.